The molecule has 2 rings (SSSR count). The number of aliphatic hydroxyl groups is 1. The molecule has 0 bridgehead atoms. The number of carbonyl (C=O) groups excluding carboxylic acids is 1. The van der Waals surface area contributed by atoms with Gasteiger partial charge in [0, 0.05) is 11.3 Å². The molecule has 0 aliphatic rings. The monoisotopic (exact) mass is 259 g/mol. The predicted octanol–water partition coefficient (Wildman–Crippen LogP) is 2.88. The van der Waals surface area contributed by atoms with Crippen LogP contribution < -0.4 is 5.32 Å². The minimum absolute atomic E-state index is 0.00672. The Hall–Kier alpha value is -2.20. The number of para-hydroxylation sites is 1. The normalized spacial score (nSPS) is 10.3. The van der Waals surface area contributed by atoms with E-state index in [0.29, 0.717) is 16.8 Å². The number of aryl methyl sites for hydroxylation is 1. The van der Waals surface area contributed by atoms with Gasteiger partial charge in [0.1, 0.15) is 5.82 Å². The molecule has 0 saturated heterocycles. The molecular formula is C15H14FNO2. The summed E-state index contributed by atoms with van der Waals surface area (Å²) < 4.78 is 13.8. The number of nitrogens with one attached hydrogen (secondary N) is 1. The van der Waals surface area contributed by atoms with Crippen LogP contribution in [0.5, 0.6) is 0 Å². The highest BCUT2D eigenvalue weighted by molar-refractivity contribution is 6.04. The number of aliphatic hydroxyl groups excluding tert-OH is 1. The highest BCUT2D eigenvalue weighted by Crippen LogP contribution is 2.18. The predicted molar refractivity (Wildman–Crippen MR) is 71.5 cm³/mol. The number of hydrogen-bond acceptors (Lipinski definition) is 2. The number of benzene rings is 2. The lowest BCUT2D eigenvalue weighted by Crippen LogP contribution is -2.15. The molecule has 0 saturated carbocycles. The number of amides is 1. The van der Waals surface area contributed by atoms with E-state index in [0.717, 1.165) is 0 Å². The van der Waals surface area contributed by atoms with Crippen molar-refractivity contribution in [2.75, 3.05) is 5.32 Å². The summed E-state index contributed by atoms with van der Waals surface area (Å²) in [5.74, 6) is -1.05. The van der Waals surface area contributed by atoms with Crippen molar-refractivity contribution in [3.63, 3.8) is 0 Å². The molecule has 0 atom stereocenters. The molecule has 0 spiro atoms. The van der Waals surface area contributed by atoms with Crippen LogP contribution >= 0.6 is 0 Å². The highest BCUT2D eigenvalue weighted by atomic mass is 19.1. The molecule has 3 nitrogen and oxygen atoms in total. The van der Waals surface area contributed by atoms with Gasteiger partial charge in [0.25, 0.3) is 5.91 Å². The zero-order valence-electron chi connectivity index (χ0n) is 10.5. The van der Waals surface area contributed by atoms with Gasteiger partial charge in [-0.1, -0.05) is 30.3 Å². The maximum absolute atomic E-state index is 13.8. The van der Waals surface area contributed by atoms with E-state index in [-0.39, 0.29) is 12.2 Å². The number of carbonyl (C=O) groups is 1. The number of anilines is 1. The molecular weight excluding hydrogens is 245 g/mol. The fraction of sp³-hybridized carbons (Fsp3) is 0.133. The summed E-state index contributed by atoms with van der Waals surface area (Å²) in [4.78, 5) is 12.0. The van der Waals surface area contributed by atoms with Crippen LogP contribution in [0.1, 0.15) is 21.5 Å². The van der Waals surface area contributed by atoms with Gasteiger partial charge in [0.05, 0.1) is 12.2 Å². The zero-order chi connectivity index (χ0) is 13.8. The van der Waals surface area contributed by atoms with Gasteiger partial charge in [0.2, 0.25) is 0 Å². The number of halogens is 1. The first-order chi connectivity index (χ1) is 9.13. The summed E-state index contributed by atoms with van der Waals surface area (Å²) in [6.45, 7) is 1.42. The number of rotatable bonds is 3. The third kappa shape index (κ3) is 2.80. The SMILES string of the molecule is Cc1cccc(C(=O)Nc2ccccc2CO)c1F. The summed E-state index contributed by atoms with van der Waals surface area (Å²) in [5.41, 5.74) is 1.48. The van der Waals surface area contributed by atoms with E-state index >= 15 is 0 Å². The lowest BCUT2D eigenvalue weighted by molar-refractivity contribution is 0.102. The van der Waals surface area contributed by atoms with Crippen LogP contribution in [0.15, 0.2) is 42.5 Å². The Kier molecular flexibility index (Phi) is 3.92. The molecule has 0 fully saturated rings. The molecule has 19 heavy (non-hydrogen) atoms. The van der Waals surface area contributed by atoms with Gasteiger partial charge in [-0.2, -0.15) is 0 Å². The van der Waals surface area contributed by atoms with E-state index in [1.165, 1.54) is 6.07 Å². The van der Waals surface area contributed by atoms with Gasteiger partial charge in [-0.3, -0.25) is 4.79 Å². The molecule has 2 aromatic carbocycles. The van der Waals surface area contributed by atoms with Gasteiger partial charge in [0.15, 0.2) is 0 Å². The largest absolute Gasteiger partial charge is 0.392 e. The molecule has 0 heterocycles. The van der Waals surface area contributed by atoms with Gasteiger partial charge >= 0.3 is 0 Å². The minimum Gasteiger partial charge on any atom is -0.392 e. The second-order valence-electron chi connectivity index (χ2n) is 4.21. The summed E-state index contributed by atoms with van der Waals surface area (Å²) in [7, 11) is 0. The third-order valence-corrected chi connectivity index (χ3v) is 2.87. The maximum atomic E-state index is 13.8. The molecule has 0 radical (unpaired) electrons. The molecule has 1 amide bonds. The fourth-order valence-electron chi connectivity index (χ4n) is 1.79. The van der Waals surface area contributed by atoms with Crippen LogP contribution in [0.2, 0.25) is 0 Å². The van der Waals surface area contributed by atoms with Crippen molar-refractivity contribution in [2.24, 2.45) is 0 Å². The van der Waals surface area contributed by atoms with Crippen molar-refractivity contribution in [3.05, 3.63) is 65.0 Å². The number of hydrogen-bond donors (Lipinski definition) is 2. The smallest absolute Gasteiger partial charge is 0.258 e. The Bertz CT molecular complexity index is 611. The van der Waals surface area contributed by atoms with Gasteiger partial charge in [-0.15, -0.1) is 0 Å². The first kappa shape index (κ1) is 13.2. The third-order valence-electron chi connectivity index (χ3n) is 2.87. The van der Waals surface area contributed by atoms with E-state index in [9.17, 15) is 14.3 Å². The second-order valence-corrected chi connectivity index (χ2v) is 4.21. The lowest BCUT2D eigenvalue weighted by atomic mass is 10.1. The van der Waals surface area contributed by atoms with Crippen molar-refractivity contribution in [1.29, 1.82) is 0 Å². The molecule has 2 N–H and O–H groups in total. The fourth-order valence-corrected chi connectivity index (χ4v) is 1.79. The Morgan fingerprint density at radius 1 is 1.21 bits per heavy atom. The molecule has 4 heteroatoms. The standard InChI is InChI=1S/C15H14FNO2/c1-10-5-4-7-12(14(10)16)15(19)17-13-8-3-2-6-11(13)9-18/h2-8,18H,9H2,1H3,(H,17,19). The van der Waals surface area contributed by atoms with Gasteiger partial charge < -0.3 is 10.4 Å². The van der Waals surface area contributed by atoms with E-state index in [2.05, 4.69) is 5.32 Å². The van der Waals surface area contributed by atoms with Crippen LogP contribution in [0.3, 0.4) is 0 Å². The van der Waals surface area contributed by atoms with E-state index in [4.69, 9.17) is 0 Å². The molecule has 2 aromatic rings. The lowest BCUT2D eigenvalue weighted by Gasteiger charge is -2.10. The Morgan fingerprint density at radius 2 is 1.95 bits per heavy atom. The molecule has 98 valence electrons. The van der Waals surface area contributed by atoms with E-state index < -0.39 is 11.7 Å². The van der Waals surface area contributed by atoms with Crippen molar-refractivity contribution in [3.8, 4) is 0 Å². The maximum Gasteiger partial charge on any atom is 0.258 e. The summed E-state index contributed by atoms with van der Waals surface area (Å²) in [5, 5.41) is 11.8. The first-order valence-corrected chi connectivity index (χ1v) is 5.88. The summed E-state index contributed by atoms with van der Waals surface area (Å²) >= 11 is 0. The molecule has 0 unspecified atom stereocenters. The molecule has 0 aliphatic carbocycles. The second kappa shape index (κ2) is 5.63. The van der Waals surface area contributed by atoms with E-state index in [1.54, 1.807) is 43.3 Å². The van der Waals surface area contributed by atoms with Crippen molar-refractivity contribution >= 4 is 11.6 Å². The summed E-state index contributed by atoms with van der Waals surface area (Å²) in [6, 6.07) is 11.5. The van der Waals surface area contributed by atoms with Crippen LogP contribution in [0.4, 0.5) is 10.1 Å². The highest BCUT2D eigenvalue weighted by Gasteiger charge is 2.14. The Balaban J connectivity index is 2.28. The molecule has 0 aliphatic heterocycles. The van der Waals surface area contributed by atoms with Crippen LogP contribution in [-0.2, 0) is 6.61 Å². The Labute approximate surface area is 110 Å². The quantitative estimate of drug-likeness (QED) is 0.890. The molecule has 0 aromatic heterocycles. The zero-order valence-corrected chi connectivity index (χ0v) is 10.5. The minimum atomic E-state index is -0.526. The average Bonchev–Trinajstić information content (AvgIpc) is 2.42. The van der Waals surface area contributed by atoms with E-state index in [1.807, 2.05) is 0 Å². The van der Waals surface area contributed by atoms with Gasteiger partial charge in [-0.05, 0) is 24.6 Å². The van der Waals surface area contributed by atoms with Crippen molar-refractivity contribution in [2.45, 2.75) is 13.5 Å². The van der Waals surface area contributed by atoms with Crippen LogP contribution in [0.25, 0.3) is 0 Å². The first-order valence-electron chi connectivity index (χ1n) is 5.88. The summed E-state index contributed by atoms with van der Waals surface area (Å²) in [6.07, 6.45) is 0. The van der Waals surface area contributed by atoms with Crippen molar-refractivity contribution < 1.29 is 14.3 Å². The topological polar surface area (TPSA) is 49.3 Å². The van der Waals surface area contributed by atoms with Gasteiger partial charge in [-0.25, -0.2) is 4.39 Å². The Morgan fingerprint density at radius 3 is 2.68 bits per heavy atom. The van der Waals surface area contributed by atoms with Crippen LogP contribution in [-0.4, -0.2) is 11.0 Å². The average molecular weight is 259 g/mol. The van der Waals surface area contributed by atoms with Crippen LogP contribution in [0, 0.1) is 12.7 Å². The van der Waals surface area contributed by atoms with Crippen molar-refractivity contribution in [1.82, 2.24) is 0 Å².